The quantitative estimate of drug-likeness (QED) is 0.630. The monoisotopic (exact) mass is 322 g/mol. The summed E-state index contributed by atoms with van der Waals surface area (Å²) in [5.41, 5.74) is 2.71. The van der Waals surface area contributed by atoms with Gasteiger partial charge >= 0.3 is 11.9 Å². The van der Waals surface area contributed by atoms with E-state index in [4.69, 9.17) is 9.47 Å². The number of benzene rings is 2. The average molecular weight is 322 g/mol. The Morgan fingerprint density at radius 2 is 1.88 bits per heavy atom. The smallest absolute Gasteiger partial charge is 0.325 e. The van der Waals surface area contributed by atoms with E-state index in [0.717, 1.165) is 22.3 Å². The van der Waals surface area contributed by atoms with Crippen LogP contribution in [-0.4, -0.2) is 19.0 Å². The van der Waals surface area contributed by atoms with Gasteiger partial charge in [0.25, 0.3) is 0 Å². The Bertz CT molecular complexity index is 824. The van der Waals surface area contributed by atoms with Crippen LogP contribution in [0.4, 0.5) is 0 Å². The molecular weight excluding hydrogens is 304 g/mol. The van der Waals surface area contributed by atoms with Crippen LogP contribution < -0.4 is 0 Å². The van der Waals surface area contributed by atoms with E-state index in [-0.39, 0.29) is 5.92 Å². The molecule has 24 heavy (non-hydrogen) atoms. The first-order valence-corrected chi connectivity index (χ1v) is 8.02. The lowest BCUT2D eigenvalue weighted by atomic mass is 9.62. The molecule has 0 spiro atoms. The van der Waals surface area contributed by atoms with Crippen LogP contribution in [0.5, 0.6) is 0 Å². The summed E-state index contributed by atoms with van der Waals surface area (Å²) >= 11 is 0. The number of methoxy groups -OCH3 is 1. The zero-order chi connectivity index (χ0) is 16.9. The summed E-state index contributed by atoms with van der Waals surface area (Å²) in [6.07, 6.45) is -0.145. The minimum absolute atomic E-state index is 0.309. The molecule has 1 heterocycles. The maximum absolute atomic E-state index is 12.8. The van der Waals surface area contributed by atoms with Gasteiger partial charge in [-0.2, -0.15) is 0 Å². The summed E-state index contributed by atoms with van der Waals surface area (Å²) < 4.78 is 10.7. The number of carbonyl (C=O) groups excluding carboxylic acids is 2. The Hall–Kier alpha value is -2.62. The molecular formula is C20H18O4. The highest BCUT2D eigenvalue weighted by Gasteiger charge is 2.66. The maximum Gasteiger partial charge on any atom is 0.325 e. The highest BCUT2D eigenvalue weighted by molar-refractivity contribution is 6.04. The second-order valence-corrected chi connectivity index (χ2v) is 6.55. The van der Waals surface area contributed by atoms with Gasteiger partial charge in [-0.1, -0.05) is 54.1 Å². The van der Waals surface area contributed by atoms with Crippen LogP contribution in [-0.2, 0) is 25.5 Å². The minimum atomic E-state index is -1.30. The van der Waals surface area contributed by atoms with E-state index >= 15 is 0 Å². The second-order valence-electron chi connectivity index (χ2n) is 6.55. The van der Waals surface area contributed by atoms with Crippen molar-refractivity contribution in [3.05, 3.63) is 70.8 Å². The molecule has 3 atom stereocenters. The third-order valence-corrected chi connectivity index (χ3v) is 5.25. The van der Waals surface area contributed by atoms with Crippen molar-refractivity contribution in [2.45, 2.75) is 25.4 Å². The molecule has 0 amide bonds. The van der Waals surface area contributed by atoms with E-state index in [1.807, 2.05) is 55.5 Å². The Kier molecular flexibility index (Phi) is 3.23. The maximum atomic E-state index is 12.8. The van der Waals surface area contributed by atoms with Crippen LogP contribution in [0, 0.1) is 12.3 Å². The first-order valence-electron chi connectivity index (χ1n) is 8.02. The minimum Gasteiger partial charge on any atom is -0.468 e. The van der Waals surface area contributed by atoms with Gasteiger partial charge in [0.1, 0.15) is 6.10 Å². The fourth-order valence-electron chi connectivity index (χ4n) is 4.07. The molecule has 0 unspecified atom stereocenters. The number of hydrogen-bond acceptors (Lipinski definition) is 4. The van der Waals surface area contributed by atoms with Crippen molar-refractivity contribution in [2.24, 2.45) is 5.41 Å². The fourth-order valence-corrected chi connectivity index (χ4v) is 4.07. The molecule has 2 bridgehead atoms. The van der Waals surface area contributed by atoms with E-state index in [2.05, 4.69) is 0 Å². The summed E-state index contributed by atoms with van der Waals surface area (Å²) in [5.74, 6) is -1.37. The molecule has 4 rings (SSSR count). The van der Waals surface area contributed by atoms with Crippen molar-refractivity contribution < 1.29 is 19.1 Å². The van der Waals surface area contributed by atoms with Gasteiger partial charge in [-0.05, 0) is 23.6 Å². The highest BCUT2D eigenvalue weighted by atomic mass is 16.6. The van der Waals surface area contributed by atoms with E-state index in [9.17, 15) is 9.59 Å². The van der Waals surface area contributed by atoms with Crippen LogP contribution in [0.25, 0.3) is 0 Å². The second kappa shape index (κ2) is 5.20. The first kappa shape index (κ1) is 14.9. The molecule has 122 valence electrons. The molecule has 4 heteroatoms. The van der Waals surface area contributed by atoms with Gasteiger partial charge < -0.3 is 9.47 Å². The summed E-state index contributed by atoms with van der Waals surface area (Å²) in [7, 11) is 1.32. The van der Waals surface area contributed by atoms with Crippen LogP contribution in [0.3, 0.4) is 0 Å². The Morgan fingerprint density at radius 3 is 2.58 bits per heavy atom. The number of hydrogen-bond donors (Lipinski definition) is 0. The standard InChI is InChI=1S/C20H18O4/c1-12-7-9-13(10-8-12)16-17-15-6-4-3-5-14(15)11-20(16,18(21)23-2)19(22)24-17/h3-10,16-17H,11H2,1-2H3/t16-,17+,20-/m0/s1. The number of rotatable bonds is 2. The molecule has 0 radical (unpaired) electrons. The fraction of sp³-hybridized carbons (Fsp3) is 0.300. The third kappa shape index (κ3) is 1.86. The number of carbonyl (C=O) groups is 2. The van der Waals surface area contributed by atoms with Gasteiger partial charge in [-0.15, -0.1) is 0 Å². The first-order chi connectivity index (χ1) is 11.6. The van der Waals surface area contributed by atoms with E-state index < -0.39 is 23.5 Å². The van der Waals surface area contributed by atoms with Crippen molar-refractivity contribution in [3.8, 4) is 0 Å². The van der Waals surface area contributed by atoms with E-state index in [0.29, 0.717) is 6.42 Å². The molecule has 1 fully saturated rings. The van der Waals surface area contributed by atoms with Gasteiger partial charge in [-0.25, -0.2) is 0 Å². The molecule has 1 saturated heterocycles. The van der Waals surface area contributed by atoms with Crippen LogP contribution >= 0.6 is 0 Å². The van der Waals surface area contributed by atoms with Gasteiger partial charge in [0.2, 0.25) is 0 Å². The Labute approximate surface area is 140 Å². The Balaban J connectivity index is 1.95. The zero-order valence-corrected chi connectivity index (χ0v) is 13.6. The third-order valence-electron chi connectivity index (χ3n) is 5.25. The molecule has 2 aromatic carbocycles. The van der Waals surface area contributed by atoms with Crippen molar-refractivity contribution in [3.63, 3.8) is 0 Å². The topological polar surface area (TPSA) is 52.6 Å². The Morgan fingerprint density at radius 1 is 1.17 bits per heavy atom. The molecule has 0 saturated carbocycles. The number of ether oxygens (including phenoxy) is 2. The normalized spacial score (nSPS) is 27.3. The summed E-state index contributed by atoms with van der Waals surface area (Å²) in [6.45, 7) is 2.01. The average Bonchev–Trinajstić information content (AvgIpc) is 2.82. The number of aryl methyl sites for hydroxylation is 1. The van der Waals surface area contributed by atoms with Gasteiger partial charge in [0.15, 0.2) is 5.41 Å². The van der Waals surface area contributed by atoms with Gasteiger partial charge in [-0.3, -0.25) is 9.59 Å². The number of esters is 2. The largest absolute Gasteiger partial charge is 0.468 e. The SMILES string of the molecule is COC(=O)[C@@]12Cc3ccccc3[C@@H](OC1=O)[C@@H]2c1ccc(C)cc1. The van der Waals surface area contributed by atoms with Crippen LogP contribution in [0.2, 0.25) is 0 Å². The summed E-state index contributed by atoms with van der Waals surface area (Å²) in [5, 5.41) is 0. The van der Waals surface area contributed by atoms with E-state index in [1.165, 1.54) is 7.11 Å². The zero-order valence-electron chi connectivity index (χ0n) is 13.6. The molecule has 2 aromatic rings. The molecule has 0 aromatic heterocycles. The lowest BCUT2D eigenvalue weighted by Crippen LogP contribution is -2.45. The van der Waals surface area contributed by atoms with Crippen molar-refractivity contribution in [1.82, 2.24) is 0 Å². The summed E-state index contributed by atoms with van der Waals surface area (Å²) in [6, 6.07) is 15.7. The summed E-state index contributed by atoms with van der Waals surface area (Å²) in [4.78, 5) is 25.5. The molecule has 1 aliphatic carbocycles. The lowest BCUT2D eigenvalue weighted by Gasteiger charge is -2.35. The van der Waals surface area contributed by atoms with Crippen molar-refractivity contribution in [1.29, 1.82) is 0 Å². The molecule has 1 aliphatic heterocycles. The van der Waals surface area contributed by atoms with Crippen molar-refractivity contribution >= 4 is 11.9 Å². The van der Waals surface area contributed by atoms with Crippen LogP contribution in [0.1, 0.15) is 34.3 Å². The highest BCUT2D eigenvalue weighted by Crippen LogP contribution is 2.59. The molecule has 4 nitrogen and oxygen atoms in total. The van der Waals surface area contributed by atoms with E-state index in [1.54, 1.807) is 0 Å². The number of fused-ring (bicyclic) bond motifs is 4. The van der Waals surface area contributed by atoms with Crippen molar-refractivity contribution in [2.75, 3.05) is 7.11 Å². The predicted molar refractivity (Wildman–Crippen MR) is 87.3 cm³/mol. The lowest BCUT2D eigenvalue weighted by molar-refractivity contribution is -0.163. The molecule has 2 aliphatic rings. The van der Waals surface area contributed by atoms with Gasteiger partial charge in [0, 0.05) is 6.42 Å². The van der Waals surface area contributed by atoms with Gasteiger partial charge in [0.05, 0.1) is 13.0 Å². The predicted octanol–water partition coefficient (Wildman–Crippen LogP) is 3.09. The molecule has 0 N–H and O–H groups in total. The van der Waals surface area contributed by atoms with Crippen LogP contribution in [0.15, 0.2) is 48.5 Å².